The van der Waals surface area contributed by atoms with E-state index in [4.69, 9.17) is 14.2 Å². The molecule has 0 aliphatic carbocycles. The number of hydrogen-bond acceptors (Lipinski definition) is 7. The Morgan fingerprint density at radius 2 is 1.87 bits per heavy atom. The molecule has 0 bridgehead atoms. The number of rotatable bonds is 9. The molecule has 0 atom stereocenters. The van der Waals surface area contributed by atoms with Gasteiger partial charge in [-0.05, 0) is 30.7 Å². The van der Waals surface area contributed by atoms with E-state index in [-0.39, 0.29) is 24.8 Å². The van der Waals surface area contributed by atoms with Gasteiger partial charge in [-0.2, -0.15) is 10.3 Å². The summed E-state index contributed by atoms with van der Waals surface area (Å²) in [7, 11) is 1.48. The molecule has 0 spiro atoms. The number of hydrogen-bond donors (Lipinski definition) is 2. The van der Waals surface area contributed by atoms with Gasteiger partial charge >= 0.3 is 5.97 Å². The highest BCUT2D eigenvalue weighted by Gasteiger charge is 2.20. The maximum absolute atomic E-state index is 12.1. The van der Waals surface area contributed by atoms with E-state index in [1.165, 1.54) is 7.11 Å². The highest BCUT2D eigenvalue weighted by Crippen LogP contribution is 2.32. The van der Waals surface area contributed by atoms with Crippen LogP contribution in [0.5, 0.6) is 11.5 Å². The van der Waals surface area contributed by atoms with Crippen molar-refractivity contribution in [1.29, 1.82) is 0 Å². The van der Waals surface area contributed by atoms with Crippen molar-refractivity contribution in [2.24, 2.45) is 0 Å². The average molecular weight is 410 g/mol. The third kappa shape index (κ3) is 5.13. The minimum absolute atomic E-state index is 0.0767. The highest BCUT2D eigenvalue weighted by molar-refractivity contribution is 5.94. The first-order valence-corrected chi connectivity index (χ1v) is 9.32. The predicted octanol–water partition coefficient (Wildman–Crippen LogP) is 2.35. The number of methoxy groups -OCH3 is 1. The van der Waals surface area contributed by atoms with E-state index in [2.05, 4.69) is 20.7 Å². The van der Waals surface area contributed by atoms with Crippen molar-refractivity contribution in [3.63, 3.8) is 0 Å². The van der Waals surface area contributed by atoms with E-state index in [1.54, 1.807) is 25.1 Å². The standard InChI is InChI=1S/C21H22N4O5/c1-3-29-21(27)20-19(23-25-24-20)15-9-10-16(17(11-15)28-2)30-13-18(26)22-12-14-7-5-4-6-8-14/h4-11H,3,12-13H2,1-2H3,(H,22,26)(H,23,24,25). The summed E-state index contributed by atoms with van der Waals surface area (Å²) < 4.78 is 15.9. The molecule has 9 nitrogen and oxygen atoms in total. The molecule has 2 N–H and O–H groups in total. The lowest BCUT2D eigenvalue weighted by Gasteiger charge is -2.12. The normalized spacial score (nSPS) is 10.3. The molecule has 0 saturated heterocycles. The first-order valence-electron chi connectivity index (χ1n) is 9.32. The van der Waals surface area contributed by atoms with E-state index in [0.717, 1.165) is 5.56 Å². The van der Waals surface area contributed by atoms with Crippen molar-refractivity contribution in [2.75, 3.05) is 20.3 Å². The molecule has 0 fully saturated rings. The van der Waals surface area contributed by atoms with Gasteiger partial charge in [0.1, 0.15) is 5.69 Å². The molecule has 0 aliphatic rings. The van der Waals surface area contributed by atoms with E-state index >= 15 is 0 Å². The molecule has 9 heteroatoms. The van der Waals surface area contributed by atoms with Crippen LogP contribution in [0.2, 0.25) is 0 Å². The first-order chi connectivity index (χ1) is 14.6. The third-order valence-electron chi connectivity index (χ3n) is 4.15. The van der Waals surface area contributed by atoms with Crippen LogP contribution in [-0.2, 0) is 16.1 Å². The van der Waals surface area contributed by atoms with E-state index < -0.39 is 5.97 Å². The Labute approximate surface area is 173 Å². The molecule has 1 aromatic heterocycles. The molecule has 2 aromatic carbocycles. The maximum Gasteiger partial charge on any atom is 0.361 e. The number of aromatic nitrogens is 3. The summed E-state index contributed by atoms with van der Waals surface area (Å²) in [4.78, 5) is 24.1. The zero-order valence-electron chi connectivity index (χ0n) is 16.7. The summed E-state index contributed by atoms with van der Waals surface area (Å²) in [6.45, 7) is 2.19. The summed E-state index contributed by atoms with van der Waals surface area (Å²) in [5.74, 6) is -0.0554. The van der Waals surface area contributed by atoms with Gasteiger partial charge in [0, 0.05) is 12.1 Å². The smallest absolute Gasteiger partial charge is 0.361 e. The molecule has 0 aliphatic heterocycles. The highest BCUT2D eigenvalue weighted by atomic mass is 16.5. The topological polar surface area (TPSA) is 115 Å². The number of H-pyrrole nitrogens is 1. The van der Waals surface area contributed by atoms with E-state index in [9.17, 15) is 9.59 Å². The number of carbonyl (C=O) groups is 2. The van der Waals surface area contributed by atoms with Gasteiger partial charge in [-0.25, -0.2) is 4.79 Å². The van der Waals surface area contributed by atoms with Crippen molar-refractivity contribution in [3.05, 3.63) is 59.8 Å². The van der Waals surface area contributed by atoms with Crippen molar-refractivity contribution in [1.82, 2.24) is 20.7 Å². The van der Waals surface area contributed by atoms with Crippen molar-refractivity contribution >= 4 is 11.9 Å². The molecule has 0 unspecified atom stereocenters. The van der Waals surface area contributed by atoms with Gasteiger partial charge in [0.25, 0.3) is 5.91 Å². The first kappa shape index (κ1) is 20.8. The number of benzene rings is 2. The van der Waals surface area contributed by atoms with Gasteiger partial charge < -0.3 is 19.5 Å². The number of nitrogens with zero attached hydrogens (tertiary/aromatic N) is 2. The van der Waals surface area contributed by atoms with E-state index in [1.807, 2.05) is 30.3 Å². The Bertz CT molecular complexity index is 1000. The van der Waals surface area contributed by atoms with Gasteiger partial charge in [0.2, 0.25) is 0 Å². The fourth-order valence-electron chi connectivity index (χ4n) is 2.70. The number of nitrogens with one attached hydrogen (secondary N) is 2. The van der Waals surface area contributed by atoms with E-state index in [0.29, 0.717) is 29.3 Å². The van der Waals surface area contributed by atoms with Crippen molar-refractivity contribution in [2.45, 2.75) is 13.5 Å². The number of carbonyl (C=O) groups excluding carboxylic acids is 2. The predicted molar refractivity (Wildman–Crippen MR) is 108 cm³/mol. The van der Waals surface area contributed by atoms with Crippen molar-refractivity contribution < 1.29 is 23.8 Å². The average Bonchev–Trinajstić information content (AvgIpc) is 3.27. The van der Waals surface area contributed by atoms with Crippen LogP contribution in [0.4, 0.5) is 0 Å². The fraction of sp³-hybridized carbons (Fsp3) is 0.238. The summed E-state index contributed by atoms with van der Waals surface area (Å²) in [6, 6.07) is 14.6. The second-order valence-corrected chi connectivity index (χ2v) is 6.16. The second-order valence-electron chi connectivity index (χ2n) is 6.16. The number of ether oxygens (including phenoxy) is 3. The molecule has 30 heavy (non-hydrogen) atoms. The third-order valence-corrected chi connectivity index (χ3v) is 4.15. The zero-order chi connectivity index (χ0) is 21.3. The Morgan fingerprint density at radius 1 is 1.07 bits per heavy atom. The van der Waals surface area contributed by atoms with Crippen LogP contribution in [0.25, 0.3) is 11.3 Å². The minimum Gasteiger partial charge on any atom is -0.493 e. The fourth-order valence-corrected chi connectivity index (χ4v) is 2.70. The van der Waals surface area contributed by atoms with Crippen LogP contribution in [0.15, 0.2) is 48.5 Å². The SMILES string of the molecule is CCOC(=O)c1n[nH]nc1-c1ccc(OCC(=O)NCc2ccccc2)c(OC)c1. The lowest BCUT2D eigenvalue weighted by Crippen LogP contribution is -2.28. The Balaban J connectivity index is 1.65. The molecular formula is C21H22N4O5. The van der Waals surface area contributed by atoms with Crippen LogP contribution in [0, 0.1) is 0 Å². The molecule has 3 aromatic rings. The second kappa shape index (κ2) is 10.1. The molecule has 156 valence electrons. The molecule has 1 amide bonds. The summed E-state index contributed by atoms with van der Waals surface area (Å²) in [6.07, 6.45) is 0. The summed E-state index contributed by atoms with van der Waals surface area (Å²) in [5, 5.41) is 13.1. The van der Waals surface area contributed by atoms with Gasteiger partial charge in [-0.15, -0.1) is 5.10 Å². The monoisotopic (exact) mass is 410 g/mol. The van der Waals surface area contributed by atoms with Gasteiger partial charge in [-0.1, -0.05) is 30.3 Å². The Morgan fingerprint density at radius 3 is 2.60 bits per heavy atom. The number of aromatic amines is 1. The molecule has 3 rings (SSSR count). The summed E-state index contributed by atoms with van der Waals surface area (Å²) >= 11 is 0. The van der Waals surface area contributed by atoms with Crippen LogP contribution in [0.1, 0.15) is 23.0 Å². The maximum atomic E-state index is 12.1. The quantitative estimate of drug-likeness (QED) is 0.520. The molecule has 0 saturated carbocycles. The lowest BCUT2D eigenvalue weighted by molar-refractivity contribution is -0.123. The molecular weight excluding hydrogens is 388 g/mol. The van der Waals surface area contributed by atoms with Crippen LogP contribution < -0.4 is 14.8 Å². The van der Waals surface area contributed by atoms with Crippen LogP contribution >= 0.6 is 0 Å². The summed E-state index contributed by atoms with van der Waals surface area (Å²) in [5.41, 5.74) is 1.99. The number of esters is 1. The lowest BCUT2D eigenvalue weighted by atomic mass is 10.1. The Hall–Kier alpha value is -3.88. The zero-order valence-corrected chi connectivity index (χ0v) is 16.7. The van der Waals surface area contributed by atoms with Gasteiger partial charge in [0.15, 0.2) is 23.8 Å². The molecule has 0 radical (unpaired) electrons. The minimum atomic E-state index is -0.573. The van der Waals surface area contributed by atoms with Crippen LogP contribution in [0.3, 0.4) is 0 Å². The Kier molecular flexibility index (Phi) is 6.99. The number of amides is 1. The van der Waals surface area contributed by atoms with Crippen molar-refractivity contribution in [3.8, 4) is 22.8 Å². The molecule has 1 heterocycles. The largest absolute Gasteiger partial charge is 0.493 e. The van der Waals surface area contributed by atoms with Gasteiger partial charge in [-0.3, -0.25) is 4.79 Å². The van der Waals surface area contributed by atoms with Crippen LogP contribution in [-0.4, -0.2) is 47.6 Å². The van der Waals surface area contributed by atoms with Gasteiger partial charge in [0.05, 0.1) is 13.7 Å².